The first-order chi connectivity index (χ1) is 7.20. The van der Waals surface area contributed by atoms with Crippen LogP contribution in [0, 0.1) is 0 Å². The van der Waals surface area contributed by atoms with Crippen molar-refractivity contribution in [3.05, 3.63) is 0 Å². The van der Waals surface area contributed by atoms with Gasteiger partial charge < -0.3 is 15.2 Å². The Morgan fingerprint density at radius 2 is 2.07 bits per heavy atom. The maximum atomic E-state index is 11.3. The summed E-state index contributed by atoms with van der Waals surface area (Å²) in [4.78, 5) is 11.3. The number of carbonyl (C=O) groups excluding carboxylic acids is 1. The van der Waals surface area contributed by atoms with Crippen molar-refractivity contribution in [2.24, 2.45) is 5.73 Å². The van der Waals surface area contributed by atoms with Crippen LogP contribution in [0.15, 0.2) is 0 Å². The number of carbonyl (C=O) groups is 1. The zero-order valence-electron chi connectivity index (χ0n) is 9.83. The van der Waals surface area contributed by atoms with Gasteiger partial charge in [-0.05, 0) is 33.2 Å². The molecule has 0 rings (SSSR count). The van der Waals surface area contributed by atoms with Gasteiger partial charge in [0, 0.05) is 13.0 Å². The van der Waals surface area contributed by atoms with Gasteiger partial charge in [0.25, 0.3) is 0 Å². The van der Waals surface area contributed by atoms with Gasteiger partial charge in [0.2, 0.25) is 0 Å². The molecule has 0 aliphatic carbocycles. The summed E-state index contributed by atoms with van der Waals surface area (Å²) in [5.41, 5.74) is 5.35. The van der Waals surface area contributed by atoms with Crippen molar-refractivity contribution in [2.45, 2.75) is 45.6 Å². The van der Waals surface area contributed by atoms with E-state index < -0.39 is 0 Å². The molecule has 1 atom stereocenters. The number of esters is 1. The maximum absolute atomic E-state index is 11.3. The summed E-state index contributed by atoms with van der Waals surface area (Å²) >= 11 is 0. The lowest BCUT2D eigenvalue weighted by Crippen LogP contribution is -2.20. The minimum Gasteiger partial charge on any atom is -0.460 e. The average Bonchev–Trinajstić information content (AvgIpc) is 2.21. The van der Waals surface area contributed by atoms with Gasteiger partial charge in [-0.1, -0.05) is 6.42 Å². The van der Waals surface area contributed by atoms with Crippen molar-refractivity contribution >= 4 is 5.97 Å². The van der Waals surface area contributed by atoms with E-state index in [0.29, 0.717) is 26.2 Å². The van der Waals surface area contributed by atoms with Crippen molar-refractivity contribution in [1.82, 2.24) is 0 Å². The van der Waals surface area contributed by atoms with E-state index in [1.54, 1.807) is 0 Å². The summed E-state index contributed by atoms with van der Waals surface area (Å²) in [6.45, 7) is 5.58. The van der Waals surface area contributed by atoms with Crippen LogP contribution >= 0.6 is 0 Å². The third kappa shape index (κ3) is 9.69. The summed E-state index contributed by atoms with van der Waals surface area (Å²) < 4.78 is 10.3. The van der Waals surface area contributed by atoms with E-state index >= 15 is 0 Å². The van der Waals surface area contributed by atoms with Crippen molar-refractivity contribution in [3.63, 3.8) is 0 Å². The predicted octanol–water partition coefficient (Wildman–Crippen LogP) is 1.47. The minimum absolute atomic E-state index is 0.140. The van der Waals surface area contributed by atoms with E-state index in [4.69, 9.17) is 15.2 Å². The van der Waals surface area contributed by atoms with Crippen molar-refractivity contribution in [2.75, 3.05) is 19.8 Å². The molecule has 4 heteroatoms. The monoisotopic (exact) mass is 217 g/mol. The number of unbranched alkanes of at least 4 members (excludes halogenated alkanes) is 2. The fourth-order valence-electron chi connectivity index (χ4n) is 1.19. The SMILES string of the molecule is CCOCC(C)OC(=O)CCCCCN. The highest BCUT2D eigenvalue weighted by Gasteiger charge is 2.08. The molecule has 0 fully saturated rings. The summed E-state index contributed by atoms with van der Waals surface area (Å²) in [7, 11) is 0. The van der Waals surface area contributed by atoms with Crippen LogP contribution in [0.5, 0.6) is 0 Å². The van der Waals surface area contributed by atoms with Crippen molar-refractivity contribution in [1.29, 1.82) is 0 Å². The van der Waals surface area contributed by atoms with Crippen LogP contribution in [-0.4, -0.2) is 31.8 Å². The first-order valence-corrected chi connectivity index (χ1v) is 5.68. The molecule has 0 heterocycles. The largest absolute Gasteiger partial charge is 0.460 e. The Bertz CT molecular complexity index is 162. The second-order valence-electron chi connectivity index (χ2n) is 3.56. The van der Waals surface area contributed by atoms with Gasteiger partial charge in [-0.2, -0.15) is 0 Å². The van der Waals surface area contributed by atoms with Gasteiger partial charge >= 0.3 is 5.97 Å². The molecule has 0 spiro atoms. The molecule has 1 unspecified atom stereocenters. The van der Waals surface area contributed by atoms with Gasteiger partial charge in [-0.25, -0.2) is 0 Å². The molecule has 0 aromatic rings. The number of hydrogen-bond acceptors (Lipinski definition) is 4. The van der Waals surface area contributed by atoms with Crippen molar-refractivity contribution in [3.8, 4) is 0 Å². The first-order valence-electron chi connectivity index (χ1n) is 5.68. The number of hydrogen-bond donors (Lipinski definition) is 1. The third-order valence-corrected chi connectivity index (χ3v) is 1.97. The molecule has 0 aromatic heterocycles. The third-order valence-electron chi connectivity index (χ3n) is 1.97. The number of nitrogens with two attached hydrogens (primary N) is 1. The van der Waals surface area contributed by atoms with Crippen LogP contribution in [0.25, 0.3) is 0 Å². The van der Waals surface area contributed by atoms with Gasteiger partial charge in [0.1, 0.15) is 6.10 Å². The molecule has 90 valence electrons. The first kappa shape index (κ1) is 14.4. The Morgan fingerprint density at radius 3 is 2.67 bits per heavy atom. The highest BCUT2D eigenvalue weighted by molar-refractivity contribution is 5.69. The lowest BCUT2D eigenvalue weighted by atomic mass is 10.2. The molecule has 2 N–H and O–H groups in total. The smallest absolute Gasteiger partial charge is 0.306 e. The molecular weight excluding hydrogens is 194 g/mol. The molecule has 0 bridgehead atoms. The Labute approximate surface area is 92.1 Å². The molecular formula is C11H23NO3. The van der Waals surface area contributed by atoms with E-state index in [0.717, 1.165) is 19.3 Å². The predicted molar refractivity (Wildman–Crippen MR) is 59.6 cm³/mol. The highest BCUT2D eigenvalue weighted by atomic mass is 16.6. The highest BCUT2D eigenvalue weighted by Crippen LogP contribution is 2.02. The molecule has 0 radical (unpaired) electrons. The lowest BCUT2D eigenvalue weighted by molar-refractivity contribution is -0.151. The van der Waals surface area contributed by atoms with Gasteiger partial charge in [0.05, 0.1) is 6.61 Å². The summed E-state index contributed by atoms with van der Waals surface area (Å²) in [6, 6.07) is 0. The number of ether oxygens (including phenoxy) is 2. The van der Waals surface area contributed by atoms with Crippen LogP contribution < -0.4 is 5.73 Å². The summed E-state index contributed by atoms with van der Waals surface area (Å²) in [6.07, 6.45) is 3.16. The second kappa shape index (κ2) is 9.93. The van der Waals surface area contributed by atoms with Crippen LogP contribution in [0.1, 0.15) is 39.5 Å². The van der Waals surface area contributed by atoms with E-state index in [1.807, 2.05) is 13.8 Å². The van der Waals surface area contributed by atoms with Gasteiger partial charge in [-0.3, -0.25) is 4.79 Å². The minimum atomic E-state index is -0.146. The molecule has 0 aliphatic rings. The Hall–Kier alpha value is -0.610. The van der Waals surface area contributed by atoms with E-state index in [1.165, 1.54) is 0 Å². The fraction of sp³-hybridized carbons (Fsp3) is 0.909. The molecule has 15 heavy (non-hydrogen) atoms. The Balaban J connectivity index is 3.38. The van der Waals surface area contributed by atoms with E-state index in [9.17, 15) is 4.79 Å². The van der Waals surface area contributed by atoms with Gasteiger partial charge in [-0.15, -0.1) is 0 Å². The van der Waals surface area contributed by atoms with Crippen LogP contribution in [0.3, 0.4) is 0 Å². The topological polar surface area (TPSA) is 61.5 Å². The zero-order chi connectivity index (χ0) is 11.5. The molecule has 0 aromatic carbocycles. The average molecular weight is 217 g/mol. The molecule has 0 amide bonds. The quantitative estimate of drug-likeness (QED) is 0.469. The molecule has 0 saturated heterocycles. The lowest BCUT2D eigenvalue weighted by Gasteiger charge is -2.12. The molecule has 0 aliphatic heterocycles. The zero-order valence-corrected chi connectivity index (χ0v) is 9.83. The number of rotatable bonds is 9. The van der Waals surface area contributed by atoms with Crippen LogP contribution in [0.4, 0.5) is 0 Å². The molecule has 4 nitrogen and oxygen atoms in total. The Morgan fingerprint density at radius 1 is 1.33 bits per heavy atom. The van der Waals surface area contributed by atoms with Gasteiger partial charge in [0.15, 0.2) is 0 Å². The normalized spacial score (nSPS) is 12.5. The second-order valence-corrected chi connectivity index (χ2v) is 3.56. The van der Waals surface area contributed by atoms with Crippen LogP contribution in [0.2, 0.25) is 0 Å². The fourth-order valence-corrected chi connectivity index (χ4v) is 1.19. The van der Waals surface area contributed by atoms with E-state index in [-0.39, 0.29) is 12.1 Å². The van der Waals surface area contributed by atoms with Crippen molar-refractivity contribution < 1.29 is 14.3 Å². The molecule has 0 saturated carbocycles. The summed E-state index contributed by atoms with van der Waals surface area (Å²) in [5.74, 6) is -0.140. The van der Waals surface area contributed by atoms with E-state index in [2.05, 4.69) is 0 Å². The van der Waals surface area contributed by atoms with Crippen LogP contribution in [-0.2, 0) is 14.3 Å². The summed E-state index contributed by atoms with van der Waals surface area (Å²) in [5, 5.41) is 0. The maximum Gasteiger partial charge on any atom is 0.306 e. The Kier molecular flexibility index (Phi) is 9.52. The standard InChI is InChI=1S/C11H23NO3/c1-3-14-9-10(2)15-11(13)7-5-4-6-8-12/h10H,3-9,12H2,1-2H3.